The second-order valence-corrected chi connectivity index (χ2v) is 5.43. The topological polar surface area (TPSA) is 61.3 Å². The minimum absolute atomic E-state index is 0.350. The van der Waals surface area contributed by atoms with Crippen LogP contribution in [-0.4, -0.2) is 59.1 Å². The quantitative estimate of drug-likeness (QED) is 0.820. The molecule has 1 aliphatic heterocycles. The van der Waals surface area contributed by atoms with E-state index in [1.54, 1.807) is 6.20 Å². The first-order chi connectivity index (χ1) is 8.56. The molecule has 100 valence electrons. The number of nitrogens with zero attached hydrogens (tertiary/aromatic N) is 3. The van der Waals surface area contributed by atoms with E-state index >= 15 is 0 Å². The van der Waals surface area contributed by atoms with Gasteiger partial charge in [-0.05, 0) is 23.0 Å². The van der Waals surface area contributed by atoms with Crippen molar-refractivity contribution < 1.29 is 0 Å². The highest BCUT2D eigenvalue weighted by Gasteiger charge is 2.13. The highest BCUT2D eigenvalue weighted by atomic mass is 79.9. The Hall–Kier alpha value is -0.920. The molecule has 7 heteroatoms. The second-order valence-electron chi connectivity index (χ2n) is 4.57. The molecule has 1 aromatic heterocycles. The number of hydrogen-bond acceptors (Lipinski definition) is 4. The summed E-state index contributed by atoms with van der Waals surface area (Å²) in [6.45, 7) is 5.59. The summed E-state index contributed by atoms with van der Waals surface area (Å²) in [4.78, 5) is 29.7. The monoisotopic (exact) mass is 316 g/mol. The van der Waals surface area contributed by atoms with Gasteiger partial charge in [0.25, 0.3) is 5.56 Å². The third-order valence-electron chi connectivity index (χ3n) is 3.22. The Bertz CT molecular complexity index is 517. The minimum atomic E-state index is -0.379. The van der Waals surface area contributed by atoms with Crippen molar-refractivity contribution in [1.29, 1.82) is 0 Å². The molecule has 1 fully saturated rings. The van der Waals surface area contributed by atoms with Crippen LogP contribution in [0.1, 0.15) is 0 Å². The summed E-state index contributed by atoms with van der Waals surface area (Å²) in [7, 11) is 2.11. The van der Waals surface area contributed by atoms with Gasteiger partial charge in [-0.25, -0.2) is 4.79 Å². The molecule has 1 N–H and O–H groups in total. The molecular weight excluding hydrogens is 300 g/mol. The van der Waals surface area contributed by atoms with Gasteiger partial charge in [0.15, 0.2) is 0 Å². The fourth-order valence-corrected chi connectivity index (χ4v) is 2.32. The lowest BCUT2D eigenvalue weighted by atomic mass is 10.3. The van der Waals surface area contributed by atoms with Gasteiger partial charge in [-0.15, -0.1) is 0 Å². The summed E-state index contributed by atoms with van der Waals surface area (Å²) in [5.41, 5.74) is -0.729. The molecule has 0 saturated carbocycles. The van der Waals surface area contributed by atoms with E-state index in [4.69, 9.17) is 0 Å². The maximum Gasteiger partial charge on any atom is 0.328 e. The Morgan fingerprint density at radius 3 is 2.56 bits per heavy atom. The largest absolute Gasteiger partial charge is 0.328 e. The van der Waals surface area contributed by atoms with E-state index in [9.17, 15) is 9.59 Å². The number of rotatable bonds is 3. The Kier molecular flexibility index (Phi) is 4.36. The van der Waals surface area contributed by atoms with Crippen LogP contribution in [-0.2, 0) is 6.54 Å². The lowest BCUT2D eigenvalue weighted by Crippen LogP contribution is -2.46. The number of piperazine rings is 1. The van der Waals surface area contributed by atoms with Crippen LogP contribution in [0.5, 0.6) is 0 Å². The highest BCUT2D eigenvalue weighted by molar-refractivity contribution is 9.10. The molecule has 0 spiro atoms. The van der Waals surface area contributed by atoms with Crippen molar-refractivity contribution in [3.05, 3.63) is 31.5 Å². The fourth-order valence-electron chi connectivity index (χ4n) is 1.97. The van der Waals surface area contributed by atoms with Gasteiger partial charge in [-0.3, -0.25) is 19.2 Å². The van der Waals surface area contributed by atoms with Crippen LogP contribution in [0.2, 0.25) is 0 Å². The molecule has 6 nitrogen and oxygen atoms in total. The number of halogens is 1. The number of likely N-dealkylation sites (N-methyl/N-ethyl adjacent to an activating group) is 1. The van der Waals surface area contributed by atoms with Crippen LogP contribution in [0, 0.1) is 0 Å². The summed E-state index contributed by atoms with van der Waals surface area (Å²) in [6.07, 6.45) is 1.55. The van der Waals surface area contributed by atoms with E-state index in [1.807, 2.05) is 0 Å². The summed E-state index contributed by atoms with van der Waals surface area (Å²) in [5.74, 6) is 0. The SMILES string of the molecule is CN1CCN(CCn2cc(Br)c(=O)[nH]c2=O)CC1. The molecule has 0 amide bonds. The summed E-state index contributed by atoms with van der Waals surface area (Å²) < 4.78 is 1.92. The maximum absolute atomic E-state index is 11.6. The molecule has 0 aromatic carbocycles. The Labute approximate surface area is 113 Å². The van der Waals surface area contributed by atoms with Crippen molar-refractivity contribution in [3.8, 4) is 0 Å². The third kappa shape index (κ3) is 3.30. The van der Waals surface area contributed by atoms with Crippen molar-refractivity contribution in [2.24, 2.45) is 0 Å². The molecule has 0 unspecified atom stereocenters. The van der Waals surface area contributed by atoms with Crippen molar-refractivity contribution in [3.63, 3.8) is 0 Å². The zero-order valence-electron chi connectivity index (χ0n) is 10.4. The molecule has 0 aliphatic carbocycles. The summed E-state index contributed by atoms with van der Waals surface area (Å²) >= 11 is 3.13. The minimum Gasteiger partial charge on any atom is -0.304 e. The van der Waals surface area contributed by atoms with Crippen LogP contribution in [0.3, 0.4) is 0 Å². The van der Waals surface area contributed by atoms with Gasteiger partial charge >= 0.3 is 5.69 Å². The van der Waals surface area contributed by atoms with Crippen LogP contribution in [0.15, 0.2) is 20.3 Å². The summed E-state index contributed by atoms with van der Waals surface area (Å²) in [6, 6.07) is 0. The van der Waals surface area contributed by atoms with Gasteiger partial charge in [0.1, 0.15) is 0 Å². The van der Waals surface area contributed by atoms with Gasteiger partial charge in [-0.2, -0.15) is 0 Å². The molecule has 0 radical (unpaired) electrons. The normalized spacial score (nSPS) is 18.1. The van der Waals surface area contributed by atoms with Crippen molar-refractivity contribution in [2.45, 2.75) is 6.54 Å². The molecule has 1 aliphatic rings. The van der Waals surface area contributed by atoms with Gasteiger partial charge < -0.3 is 4.90 Å². The second kappa shape index (κ2) is 5.81. The fraction of sp³-hybridized carbons (Fsp3) is 0.636. The van der Waals surface area contributed by atoms with Gasteiger partial charge in [0.05, 0.1) is 4.47 Å². The number of hydrogen-bond donors (Lipinski definition) is 1. The van der Waals surface area contributed by atoms with E-state index in [-0.39, 0.29) is 11.2 Å². The Morgan fingerprint density at radius 2 is 1.89 bits per heavy atom. The van der Waals surface area contributed by atoms with Gasteiger partial charge in [0.2, 0.25) is 0 Å². The predicted octanol–water partition coefficient (Wildman–Crippen LogP) is -0.453. The average Bonchev–Trinajstić information content (AvgIpc) is 2.34. The lowest BCUT2D eigenvalue weighted by Gasteiger charge is -2.32. The standard InChI is InChI=1S/C11H17BrN4O2/c1-14-2-4-15(5-3-14)6-7-16-8-9(12)10(17)13-11(16)18/h8H,2-7H2,1H3,(H,13,17,18). The molecule has 0 atom stereocenters. The maximum atomic E-state index is 11.6. The van der Waals surface area contributed by atoms with E-state index in [2.05, 4.69) is 37.8 Å². The van der Waals surface area contributed by atoms with Crippen LogP contribution < -0.4 is 11.2 Å². The molecule has 2 heterocycles. The smallest absolute Gasteiger partial charge is 0.304 e. The average molecular weight is 317 g/mol. The highest BCUT2D eigenvalue weighted by Crippen LogP contribution is 2.01. The zero-order chi connectivity index (χ0) is 13.1. The van der Waals surface area contributed by atoms with Gasteiger partial charge in [0, 0.05) is 45.5 Å². The first-order valence-electron chi connectivity index (χ1n) is 5.96. The molecule has 18 heavy (non-hydrogen) atoms. The zero-order valence-corrected chi connectivity index (χ0v) is 11.9. The van der Waals surface area contributed by atoms with Crippen molar-refractivity contribution in [1.82, 2.24) is 19.4 Å². The Morgan fingerprint density at radius 1 is 1.22 bits per heavy atom. The number of nitrogens with one attached hydrogen (secondary N) is 1. The van der Waals surface area contributed by atoms with E-state index in [1.165, 1.54) is 4.57 Å². The van der Waals surface area contributed by atoms with Gasteiger partial charge in [-0.1, -0.05) is 0 Å². The number of aromatic amines is 1. The number of aromatic nitrogens is 2. The molecule has 2 rings (SSSR count). The van der Waals surface area contributed by atoms with Crippen molar-refractivity contribution in [2.75, 3.05) is 39.8 Å². The third-order valence-corrected chi connectivity index (χ3v) is 3.79. The first kappa shape index (κ1) is 13.5. The molecule has 1 aromatic rings. The lowest BCUT2D eigenvalue weighted by molar-refractivity contribution is 0.149. The van der Waals surface area contributed by atoms with Crippen LogP contribution in [0.4, 0.5) is 0 Å². The van der Waals surface area contributed by atoms with E-state index in [0.717, 1.165) is 32.7 Å². The predicted molar refractivity (Wildman–Crippen MR) is 73.0 cm³/mol. The number of H-pyrrole nitrogens is 1. The molecule has 1 saturated heterocycles. The summed E-state index contributed by atoms with van der Waals surface area (Å²) in [5, 5.41) is 0. The van der Waals surface area contributed by atoms with Crippen molar-refractivity contribution >= 4 is 15.9 Å². The van der Waals surface area contributed by atoms with Crippen LogP contribution >= 0.6 is 15.9 Å². The van der Waals surface area contributed by atoms with Crippen LogP contribution in [0.25, 0.3) is 0 Å². The van der Waals surface area contributed by atoms with E-state index in [0.29, 0.717) is 11.0 Å². The molecule has 0 bridgehead atoms. The first-order valence-corrected chi connectivity index (χ1v) is 6.76. The Balaban J connectivity index is 1.96. The molecular formula is C11H17BrN4O2. The van der Waals surface area contributed by atoms with E-state index < -0.39 is 0 Å².